The van der Waals surface area contributed by atoms with E-state index in [2.05, 4.69) is 112 Å². The number of carbonyl (C=O) groups is 3. The first-order valence-corrected chi connectivity index (χ1v) is 25.7. The number of esters is 3. The topological polar surface area (TPSA) is 78.9 Å². The Morgan fingerprint density at radius 3 is 1.14 bits per heavy atom. The Morgan fingerprint density at radius 1 is 0.333 bits per heavy atom. The maximum absolute atomic E-state index is 12.8. The van der Waals surface area contributed by atoms with Gasteiger partial charge in [0.1, 0.15) is 13.2 Å². The summed E-state index contributed by atoms with van der Waals surface area (Å²) in [5.74, 6) is -1.06. The fraction of sp³-hybridized carbons (Fsp3) is 0.667. The van der Waals surface area contributed by atoms with Crippen LogP contribution in [0.5, 0.6) is 0 Å². The Bertz CT molecular complexity index is 1280. The second-order valence-corrected chi connectivity index (χ2v) is 16.7. The molecule has 0 aromatic carbocycles. The molecule has 0 N–H and O–H groups in total. The monoisotopic (exact) mass is 875 g/mol. The van der Waals surface area contributed by atoms with Gasteiger partial charge in [-0.1, -0.05) is 201 Å². The molecule has 63 heavy (non-hydrogen) atoms. The number of unbranched alkanes of at least 4 members (excludes halogenated alkanes) is 18. The van der Waals surface area contributed by atoms with E-state index in [-0.39, 0.29) is 44.0 Å². The van der Waals surface area contributed by atoms with Crippen LogP contribution in [0, 0.1) is 0 Å². The lowest BCUT2D eigenvalue weighted by atomic mass is 10.1. The molecule has 0 bridgehead atoms. The molecule has 0 heterocycles. The zero-order valence-electron chi connectivity index (χ0n) is 40.8. The standard InChI is InChI=1S/C57H94O6/c1-4-7-10-13-16-19-22-25-27-28-30-32-35-38-41-44-47-50-56(59)62-53-54(52-61-55(58)49-46-43-40-37-34-31-24-21-18-15-12-9-6-3)63-57(60)51-48-45-42-39-36-33-29-26-23-20-17-14-11-8-5-2/h7,10,16,19-20,23,25,27,30-32,34,38,40-41,43,54H,4-6,8-9,11-15,17-18,21-22,24,26,28-29,33,35-37,39,42,44-53H2,1-3H3/b10-7+,19-16+,23-20+,27-25+,32-30+,34-31+,41-38+,43-40+. The number of rotatable bonds is 45. The summed E-state index contributed by atoms with van der Waals surface area (Å²) in [5.41, 5.74) is 0. The molecule has 0 aromatic rings. The molecule has 1 unspecified atom stereocenters. The molecule has 0 aliphatic heterocycles. The molecule has 0 radical (unpaired) electrons. The molecule has 0 spiro atoms. The summed E-state index contributed by atoms with van der Waals surface area (Å²) in [4.78, 5) is 37.9. The van der Waals surface area contributed by atoms with Crippen LogP contribution in [0.15, 0.2) is 97.2 Å². The normalized spacial score (nSPS) is 12.9. The smallest absolute Gasteiger partial charge is 0.306 e. The first-order chi connectivity index (χ1) is 31.0. The zero-order valence-corrected chi connectivity index (χ0v) is 40.8. The number of hydrogen-bond donors (Lipinski definition) is 0. The molecule has 0 saturated carbocycles. The van der Waals surface area contributed by atoms with E-state index < -0.39 is 6.10 Å². The molecular weight excluding hydrogens is 781 g/mol. The van der Waals surface area contributed by atoms with Crippen LogP contribution in [-0.4, -0.2) is 37.2 Å². The fourth-order valence-electron chi connectivity index (χ4n) is 6.70. The van der Waals surface area contributed by atoms with Crippen LogP contribution in [0.2, 0.25) is 0 Å². The van der Waals surface area contributed by atoms with E-state index in [4.69, 9.17) is 14.2 Å². The van der Waals surface area contributed by atoms with Crippen molar-refractivity contribution in [1.29, 1.82) is 0 Å². The maximum Gasteiger partial charge on any atom is 0.306 e. The molecule has 6 nitrogen and oxygen atoms in total. The largest absolute Gasteiger partial charge is 0.462 e. The van der Waals surface area contributed by atoms with Crippen molar-refractivity contribution in [2.24, 2.45) is 0 Å². The SMILES string of the molecule is CC/C=C/C/C=C/C/C=C/C/C=C/C/C=C/CCCC(=O)OCC(COC(=O)CC/C=C/C/C=C/CCCCCCCC)OC(=O)CCCCCCCCC/C=C/CCCCCC. The van der Waals surface area contributed by atoms with E-state index in [1.54, 1.807) is 0 Å². The Labute approximate surface area is 387 Å². The van der Waals surface area contributed by atoms with Gasteiger partial charge in [-0.15, -0.1) is 0 Å². The lowest BCUT2D eigenvalue weighted by molar-refractivity contribution is -0.166. The van der Waals surface area contributed by atoms with Crippen molar-refractivity contribution in [2.75, 3.05) is 13.2 Å². The summed E-state index contributed by atoms with van der Waals surface area (Å²) in [6.45, 7) is 6.39. The highest BCUT2D eigenvalue weighted by Gasteiger charge is 2.19. The molecule has 0 saturated heterocycles. The lowest BCUT2D eigenvalue weighted by Gasteiger charge is -2.18. The van der Waals surface area contributed by atoms with Crippen molar-refractivity contribution >= 4 is 17.9 Å². The van der Waals surface area contributed by atoms with Crippen LogP contribution in [0.3, 0.4) is 0 Å². The van der Waals surface area contributed by atoms with Crippen LogP contribution in [0.4, 0.5) is 0 Å². The highest BCUT2D eigenvalue weighted by molar-refractivity contribution is 5.71. The predicted molar refractivity (Wildman–Crippen MR) is 270 cm³/mol. The van der Waals surface area contributed by atoms with Crippen molar-refractivity contribution in [3.05, 3.63) is 97.2 Å². The van der Waals surface area contributed by atoms with Crippen molar-refractivity contribution in [1.82, 2.24) is 0 Å². The molecule has 0 fully saturated rings. The summed E-state index contributed by atoms with van der Waals surface area (Å²) in [6, 6.07) is 0. The Hall–Kier alpha value is -3.67. The van der Waals surface area contributed by atoms with Crippen LogP contribution >= 0.6 is 0 Å². The van der Waals surface area contributed by atoms with Crippen LogP contribution in [-0.2, 0) is 28.6 Å². The highest BCUT2D eigenvalue weighted by atomic mass is 16.6. The molecule has 0 rings (SSSR count). The van der Waals surface area contributed by atoms with E-state index >= 15 is 0 Å². The van der Waals surface area contributed by atoms with Gasteiger partial charge in [0.15, 0.2) is 6.10 Å². The zero-order chi connectivity index (χ0) is 45.8. The van der Waals surface area contributed by atoms with Gasteiger partial charge in [0.2, 0.25) is 0 Å². The van der Waals surface area contributed by atoms with E-state index in [9.17, 15) is 14.4 Å². The van der Waals surface area contributed by atoms with E-state index in [1.807, 2.05) is 6.08 Å². The minimum Gasteiger partial charge on any atom is -0.462 e. The number of ether oxygens (including phenoxy) is 3. The minimum absolute atomic E-state index is 0.126. The Balaban J connectivity index is 4.55. The van der Waals surface area contributed by atoms with Crippen LogP contribution < -0.4 is 0 Å². The Kier molecular flexibility index (Phi) is 48.0. The molecule has 0 aliphatic rings. The maximum atomic E-state index is 12.8. The first kappa shape index (κ1) is 59.3. The summed E-state index contributed by atoms with van der Waals surface area (Å²) >= 11 is 0. The van der Waals surface area contributed by atoms with Crippen molar-refractivity contribution in [3.8, 4) is 0 Å². The van der Waals surface area contributed by atoms with Gasteiger partial charge >= 0.3 is 17.9 Å². The van der Waals surface area contributed by atoms with Crippen molar-refractivity contribution < 1.29 is 28.6 Å². The molecule has 358 valence electrons. The average Bonchev–Trinajstić information content (AvgIpc) is 3.28. The summed E-state index contributed by atoms with van der Waals surface area (Å²) < 4.78 is 16.7. The quantitative estimate of drug-likeness (QED) is 0.0262. The molecule has 0 aliphatic carbocycles. The lowest BCUT2D eigenvalue weighted by Crippen LogP contribution is -2.30. The molecular formula is C57H94O6. The third-order valence-electron chi connectivity index (χ3n) is 10.6. The fourth-order valence-corrected chi connectivity index (χ4v) is 6.70. The van der Waals surface area contributed by atoms with Gasteiger partial charge in [-0.05, 0) is 103 Å². The van der Waals surface area contributed by atoms with E-state index in [0.29, 0.717) is 19.3 Å². The minimum atomic E-state index is -0.825. The van der Waals surface area contributed by atoms with Gasteiger partial charge in [0.05, 0.1) is 0 Å². The summed E-state index contributed by atoms with van der Waals surface area (Å²) in [6.07, 6.45) is 66.9. The summed E-state index contributed by atoms with van der Waals surface area (Å²) in [5, 5.41) is 0. The Morgan fingerprint density at radius 2 is 0.667 bits per heavy atom. The second-order valence-electron chi connectivity index (χ2n) is 16.7. The van der Waals surface area contributed by atoms with E-state index in [1.165, 1.54) is 103 Å². The van der Waals surface area contributed by atoms with E-state index in [0.717, 1.165) is 70.6 Å². The predicted octanol–water partition coefficient (Wildman–Crippen LogP) is 17.0. The highest BCUT2D eigenvalue weighted by Crippen LogP contribution is 2.13. The van der Waals surface area contributed by atoms with Gasteiger partial charge in [-0.3, -0.25) is 14.4 Å². The van der Waals surface area contributed by atoms with Gasteiger partial charge in [-0.25, -0.2) is 0 Å². The van der Waals surface area contributed by atoms with Crippen LogP contribution in [0.1, 0.15) is 226 Å². The number of allylic oxidation sites excluding steroid dienone is 16. The van der Waals surface area contributed by atoms with Crippen molar-refractivity contribution in [3.63, 3.8) is 0 Å². The van der Waals surface area contributed by atoms with Gasteiger partial charge in [-0.2, -0.15) is 0 Å². The third-order valence-corrected chi connectivity index (χ3v) is 10.6. The summed E-state index contributed by atoms with van der Waals surface area (Å²) in [7, 11) is 0. The molecule has 1 atom stereocenters. The molecule has 0 amide bonds. The molecule has 6 heteroatoms. The first-order valence-electron chi connectivity index (χ1n) is 25.7. The number of carbonyl (C=O) groups excluding carboxylic acids is 3. The van der Waals surface area contributed by atoms with Gasteiger partial charge in [0.25, 0.3) is 0 Å². The van der Waals surface area contributed by atoms with Crippen molar-refractivity contribution in [2.45, 2.75) is 232 Å². The van der Waals surface area contributed by atoms with Gasteiger partial charge < -0.3 is 14.2 Å². The van der Waals surface area contributed by atoms with Crippen LogP contribution in [0.25, 0.3) is 0 Å². The third kappa shape index (κ3) is 49.2. The van der Waals surface area contributed by atoms with Gasteiger partial charge in [0, 0.05) is 19.3 Å². The second kappa shape index (κ2) is 51.0. The average molecular weight is 875 g/mol. The molecule has 0 aromatic heterocycles. The number of hydrogen-bond acceptors (Lipinski definition) is 6.